The third-order valence-corrected chi connectivity index (χ3v) is 3.15. The summed E-state index contributed by atoms with van der Waals surface area (Å²) in [5.41, 5.74) is 5.30. The molecule has 2 N–H and O–H groups in total. The summed E-state index contributed by atoms with van der Waals surface area (Å²) in [6, 6.07) is 6.38. The van der Waals surface area contributed by atoms with Crippen molar-refractivity contribution in [3.8, 4) is 0 Å². The van der Waals surface area contributed by atoms with E-state index in [1.54, 1.807) is 6.07 Å². The van der Waals surface area contributed by atoms with Gasteiger partial charge in [0.05, 0.1) is 12.4 Å². The average molecular weight is 283 g/mol. The van der Waals surface area contributed by atoms with Gasteiger partial charge < -0.3 is 15.0 Å². The molecule has 0 saturated heterocycles. The number of nitrogens with two attached hydrogens (primary N) is 1. The third kappa shape index (κ3) is 4.62. The lowest BCUT2D eigenvalue weighted by molar-refractivity contribution is 0.104. The standard InChI is InChI=1S/C12H14FN3O2S/c13-9-2-1-3-10(6-9)19-8-11-15-12(18-16-11)7-17-5-4-14/h1-3,6H,4-5,7-8,14H2. The fourth-order valence-corrected chi connectivity index (χ4v) is 2.14. The second-order valence-electron chi connectivity index (χ2n) is 3.69. The summed E-state index contributed by atoms with van der Waals surface area (Å²) >= 11 is 1.44. The zero-order chi connectivity index (χ0) is 13.5. The topological polar surface area (TPSA) is 74.2 Å². The molecule has 19 heavy (non-hydrogen) atoms. The third-order valence-electron chi connectivity index (χ3n) is 2.16. The molecule has 1 aromatic carbocycles. The number of hydrogen-bond acceptors (Lipinski definition) is 6. The van der Waals surface area contributed by atoms with Gasteiger partial charge in [0, 0.05) is 11.4 Å². The molecule has 0 unspecified atom stereocenters. The van der Waals surface area contributed by atoms with E-state index in [0.717, 1.165) is 4.90 Å². The second-order valence-corrected chi connectivity index (χ2v) is 4.74. The Morgan fingerprint density at radius 2 is 2.32 bits per heavy atom. The molecule has 0 aliphatic rings. The van der Waals surface area contributed by atoms with Gasteiger partial charge in [-0.25, -0.2) is 4.39 Å². The van der Waals surface area contributed by atoms with Crippen LogP contribution in [0.5, 0.6) is 0 Å². The zero-order valence-electron chi connectivity index (χ0n) is 10.2. The predicted octanol–water partition coefficient (Wildman–Crippen LogP) is 1.98. The van der Waals surface area contributed by atoms with Gasteiger partial charge in [0.25, 0.3) is 5.89 Å². The van der Waals surface area contributed by atoms with Crippen molar-refractivity contribution < 1.29 is 13.7 Å². The Bertz CT molecular complexity index is 521. The molecule has 0 aliphatic heterocycles. The highest BCUT2D eigenvalue weighted by atomic mass is 32.2. The van der Waals surface area contributed by atoms with Crippen LogP contribution in [0.25, 0.3) is 0 Å². The molecule has 2 rings (SSSR count). The van der Waals surface area contributed by atoms with Crippen molar-refractivity contribution in [2.75, 3.05) is 13.2 Å². The number of hydrogen-bond donors (Lipinski definition) is 1. The quantitative estimate of drug-likeness (QED) is 0.618. The van der Waals surface area contributed by atoms with Crippen LogP contribution in [-0.4, -0.2) is 23.3 Å². The molecule has 0 bridgehead atoms. The first-order valence-electron chi connectivity index (χ1n) is 5.75. The smallest absolute Gasteiger partial charge is 0.252 e. The second kappa shape index (κ2) is 7.22. The summed E-state index contributed by atoms with van der Waals surface area (Å²) in [5, 5.41) is 3.82. The number of nitrogens with zero attached hydrogens (tertiary/aromatic N) is 2. The Kier molecular flexibility index (Phi) is 5.31. The molecule has 0 saturated carbocycles. The van der Waals surface area contributed by atoms with Crippen LogP contribution >= 0.6 is 11.8 Å². The minimum Gasteiger partial charge on any atom is -0.370 e. The first kappa shape index (κ1) is 14.0. The monoisotopic (exact) mass is 283 g/mol. The van der Waals surface area contributed by atoms with Gasteiger partial charge in [-0.1, -0.05) is 11.2 Å². The summed E-state index contributed by atoms with van der Waals surface area (Å²) in [6.07, 6.45) is 0. The number of benzene rings is 1. The Labute approximate surface area is 114 Å². The molecule has 0 radical (unpaired) electrons. The van der Waals surface area contributed by atoms with E-state index < -0.39 is 0 Å². The number of ether oxygens (including phenoxy) is 1. The van der Waals surface area contributed by atoms with Crippen LogP contribution in [0, 0.1) is 5.82 Å². The molecular formula is C12H14FN3O2S. The molecule has 1 aromatic heterocycles. The maximum absolute atomic E-state index is 13.0. The van der Waals surface area contributed by atoms with Crippen molar-refractivity contribution in [1.29, 1.82) is 0 Å². The maximum atomic E-state index is 13.0. The lowest BCUT2D eigenvalue weighted by atomic mass is 10.4. The van der Waals surface area contributed by atoms with E-state index in [-0.39, 0.29) is 12.4 Å². The number of halogens is 1. The number of rotatable bonds is 7. The van der Waals surface area contributed by atoms with Crippen molar-refractivity contribution in [2.45, 2.75) is 17.3 Å². The fourth-order valence-electron chi connectivity index (χ4n) is 1.35. The summed E-state index contributed by atoms with van der Waals surface area (Å²) in [7, 11) is 0. The van der Waals surface area contributed by atoms with E-state index in [2.05, 4.69) is 10.1 Å². The van der Waals surface area contributed by atoms with Gasteiger partial charge in [-0.15, -0.1) is 11.8 Å². The molecule has 0 atom stereocenters. The van der Waals surface area contributed by atoms with Crippen molar-refractivity contribution >= 4 is 11.8 Å². The van der Waals surface area contributed by atoms with Crippen molar-refractivity contribution in [1.82, 2.24) is 10.1 Å². The molecule has 0 amide bonds. The molecule has 2 aromatic rings. The summed E-state index contributed by atoms with van der Waals surface area (Å²) in [5.74, 6) is 1.24. The minimum absolute atomic E-state index is 0.256. The van der Waals surface area contributed by atoms with E-state index in [1.807, 2.05) is 6.07 Å². The highest BCUT2D eigenvalue weighted by molar-refractivity contribution is 7.98. The highest BCUT2D eigenvalue weighted by Crippen LogP contribution is 2.22. The summed E-state index contributed by atoms with van der Waals surface area (Å²) < 4.78 is 23.2. The Morgan fingerprint density at radius 3 is 3.11 bits per heavy atom. The van der Waals surface area contributed by atoms with Gasteiger partial charge >= 0.3 is 0 Å². The largest absolute Gasteiger partial charge is 0.370 e. The molecular weight excluding hydrogens is 269 g/mol. The van der Waals surface area contributed by atoms with Crippen LogP contribution in [-0.2, 0) is 17.1 Å². The van der Waals surface area contributed by atoms with Crippen LogP contribution in [0.4, 0.5) is 4.39 Å². The predicted molar refractivity (Wildman–Crippen MR) is 69.0 cm³/mol. The van der Waals surface area contributed by atoms with E-state index >= 15 is 0 Å². The van der Waals surface area contributed by atoms with Gasteiger partial charge in [-0.2, -0.15) is 4.98 Å². The first-order chi connectivity index (χ1) is 9.28. The van der Waals surface area contributed by atoms with Gasteiger partial charge in [0.15, 0.2) is 5.82 Å². The fraction of sp³-hybridized carbons (Fsp3) is 0.333. The van der Waals surface area contributed by atoms with Gasteiger partial charge in [-0.05, 0) is 18.2 Å². The van der Waals surface area contributed by atoms with E-state index in [9.17, 15) is 4.39 Å². The van der Waals surface area contributed by atoms with E-state index in [1.165, 1.54) is 23.9 Å². The molecule has 0 fully saturated rings. The Hall–Kier alpha value is -1.44. The SMILES string of the molecule is NCCOCc1nc(CSc2cccc(F)c2)no1. The van der Waals surface area contributed by atoms with Gasteiger partial charge in [-0.3, -0.25) is 0 Å². The zero-order valence-corrected chi connectivity index (χ0v) is 11.0. The van der Waals surface area contributed by atoms with E-state index in [4.69, 9.17) is 15.0 Å². The van der Waals surface area contributed by atoms with Crippen LogP contribution < -0.4 is 5.73 Å². The van der Waals surface area contributed by atoms with Crippen LogP contribution in [0.2, 0.25) is 0 Å². The Balaban J connectivity index is 1.83. The molecule has 7 heteroatoms. The van der Waals surface area contributed by atoms with Crippen LogP contribution in [0.3, 0.4) is 0 Å². The lowest BCUT2D eigenvalue weighted by Crippen LogP contribution is -2.08. The molecule has 102 valence electrons. The lowest BCUT2D eigenvalue weighted by Gasteiger charge is -1.97. The number of aromatic nitrogens is 2. The van der Waals surface area contributed by atoms with Crippen molar-refractivity contribution in [3.05, 3.63) is 41.8 Å². The number of thioether (sulfide) groups is 1. The average Bonchev–Trinajstić information content (AvgIpc) is 2.85. The minimum atomic E-state index is -0.256. The molecule has 5 nitrogen and oxygen atoms in total. The maximum Gasteiger partial charge on any atom is 0.252 e. The summed E-state index contributed by atoms with van der Waals surface area (Å²) in [4.78, 5) is 4.99. The first-order valence-corrected chi connectivity index (χ1v) is 6.74. The summed E-state index contributed by atoms with van der Waals surface area (Å²) in [6.45, 7) is 1.17. The molecule has 0 aliphatic carbocycles. The van der Waals surface area contributed by atoms with Crippen LogP contribution in [0.15, 0.2) is 33.7 Å². The molecule has 0 spiro atoms. The molecule has 1 heterocycles. The van der Waals surface area contributed by atoms with Crippen molar-refractivity contribution in [2.24, 2.45) is 5.73 Å². The van der Waals surface area contributed by atoms with Crippen LogP contribution in [0.1, 0.15) is 11.7 Å². The Morgan fingerprint density at radius 1 is 1.42 bits per heavy atom. The van der Waals surface area contributed by atoms with Crippen molar-refractivity contribution in [3.63, 3.8) is 0 Å². The van der Waals surface area contributed by atoms with Gasteiger partial charge in [0.2, 0.25) is 0 Å². The normalized spacial score (nSPS) is 10.8. The van der Waals surface area contributed by atoms with Gasteiger partial charge in [0.1, 0.15) is 12.4 Å². The van der Waals surface area contributed by atoms with E-state index in [0.29, 0.717) is 30.6 Å². The highest BCUT2D eigenvalue weighted by Gasteiger charge is 2.07.